The van der Waals surface area contributed by atoms with Crippen LogP contribution in [0, 0.1) is 0 Å². The van der Waals surface area contributed by atoms with Gasteiger partial charge in [0.1, 0.15) is 0 Å². The van der Waals surface area contributed by atoms with Crippen LogP contribution in [0.5, 0.6) is 0 Å². The Hall–Kier alpha value is -2.99. The van der Waals surface area contributed by atoms with Gasteiger partial charge in [0, 0.05) is 34.7 Å². The van der Waals surface area contributed by atoms with Crippen LogP contribution in [-0.4, -0.2) is 15.8 Å². The van der Waals surface area contributed by atoms with Crippen molar-refractivity contribution < 1.29 is 4.79 Å². The van der Waals surface area contributed by atoms with E-state index in [1.165, 1.54) is 5.56 Å². The van der Waals surface area contributed by atoms with Crippen LogP contribution in [0.2, 0.25) is 5.02 Å². The summed E-state index contributed by atoms with van der Waals surface area (Å²) in [5, 5.41) is 8.05. The molecule has 1 heterocycles. The molecule has 1 aromatic heterocycles. The number of urea groups is 1. The highest BCUT2D eigenvalue weighted by Gasteiger charge is 2.22. The predicted molar refractivity (Wildman–Crippen MR) is 134 cm³/mol. The summed E-state index contributed by atoms with van der Waals surface area (Å²) in [6.07, 6.45) is 6.09. The summed E-state index contributed by atoms with van der Waals surface area (Å²) >= 11 is 6.47. The average Bonchev–Trinajstić information content (AvgIpc) is 3.25. The van der Waals surface area contributed by atoms with Crippen LogP contribution in [-0.2, 0) is 32.4 Å². The van der Waals surface area contributed by atoms with Crippen molar-refractivity contribution >= 4 is 34.7 Å². The highest BCUT2D eigenvalue weighted by molar-refractivity contribution is 6.32. The third-order valence-corrected chi connectivity index (χ3v) is 6.05. The maximum Gasteiger partial charge on any atom is 0.326 e. The first-order valence-corrected chi connectivity index (χ1v) is 11.6. The third kappa shape index (κ3) is 5.07. The molecule has 0 aliphatic heterocycles. The Morgan fingerprint density at radius 3 is 2.31 bits per heavy atom. The average molecular weight is 454 g/mol. The number of anilines is 3. The maximum absolute atomic E-state index is 13.6. The van der Waals surface area contributed by atoms with E-state index < -0.39 is 0 Å². The van der Waals surface area contributed by atoms with Gasteiger partial charge in [0.2, 0.25) is 0 Å². The molecule has 3 rings (SSSR count). The van der Waals surface area contributed by atoms with Crippen molar-refractivity contribution in [3.63, 3.8) is 0 Å². The zero-order valence-corrected chi connectivity index (χ0v) is 20.0. The first-order valence-electron chi connectivity index (χ1n) is 11.2. The lowest BCUT2D eigenvalue weighted by molar-refractivity contribution is 0.256. The minimum absolute atomic E-state index is 0.232. The van der Waals surface area contributed by atoms with Crippen molar-refractivity contribution in [2.45, 2.75) is 60.0 Å². The van der Waals surface area contributed by atoms with Crippen molar-refractivity contribution in [1.29, 1.82) is 0 Å². The molecule has 2 amide bonds. The van der Waals surface area contributed by atoms with Crippen LogP contribution in [0.25, 0.3) is 0 Å². The molecule has 3 N–H and O–H groups in total. The smallest absolute Gasteiger partial charge is 0.326 e. The van der Waals surface area contributed by atoms with Crippen molar-refractivity contribution in [1.82, 2.24) is 9.78 Å². The molecule has 0 bridgehead atoms. The lowest BCUT2D eigenvalue weighted by Gasteiger charge is -2.25. The van der Waals surface area contributed by atoms with Gasteiger partial charge in [-0.1, -0.05) is 44.5 Å². The fourth-order valence-electron chi connectivity index (χ4n) is 3.84. The number of amides is 2. The normalized spacial score (nSPS) is 10.9. The second kappa shape index (κ2) is 10.6. The van der Waals surface area contributed by atoms with Crippen LogP contribution in [0.3, 0.4) is 0 Å². The molecule has 0 saturated carbocycles. The number of hydrogen-bond acceptors (Lipinski definition) is 3. The van der Waals surface area contributed by atoms with Crippen LogP contribution in [0.15, 0.2) is 42.7 Å². The van der Waals surface area contributed by atoms with E-state index in [-0.39, 0.29) is 6.03 Å². The summed E-state index contributed by atoms with van der Waals surface area (Å²) in [7, 11) is 0. The molecule has 0 spiro atoms. The molecule has 32 heavy (non-hydrogen) atoms. The first kappa shape index (κ1) is 23.7. The Kier molecular flexibility index (Phi) is 7.80. The van der Waals surface area contributed by atoms with E-state index >= 15 is 0 Å². The van der Waals surface area contributed by atoms with Gasteiger partial charge >= 0.3 is 6.03 Å². The van der Waals surface area contributed by atoms with E-state index in [0.717, 1.165) is 35.3 Å². The molecule has 0 fully saturated rings. The number of aryl methyl sites for hydroxylation is 2. The highest BCUT2D eigenvalue weighted by Crippen LogP contribution is 2.34. The van der Waals surface area contributed by atoms with Gasteiger partial charge in [0.25, 0.3) is 0 Å². The molecule has 0 unspecified atom stereocenters. The van der Waals surface area contributed by atoms with Gasteiger partial charge in [-0.15, -0.1) is 0 Å². The molecule has 3 aromatic rings. The first-order chi connectivity index (χ1) is 15.4. The Morgan fingerprint density at radius 1 is 1.06 bits per heavy atom. The molecule has 6 nitrogen and oxygen atoms in total. The maximum atomic E-state index is 13.6. The largest absolute Gasteiger partial charge is 0.398 e. The Bertz CT molecular complexity index is 1050. The number of nitrogens with two attached hydrogens (primary N) is 1. The number of benzene rings is 2. The Morgan fingerprint density at radius 2 is 1.75 bits per heavy atom. The van der Waals surface area contributed by atoms with Crippen LogP contribution in [0.1, 0.15) is 49.9 Å². The SMILES string of the molecule is CCc1ccc(N(Cc2cnn(CC)c2)C(=O)Nc2c(CC)c(N)cc(Cl)c2CC)cc1. The number of hydrogen-bond donors (Lipinski definition) is 2. The second-order valence-electron chi connectivity index (χ2n) is 7.73. The zero-order valence-electron chi connectivity index (χ0n) is 19.3. The van der Waals surface area contributed by atoms with Crippen molar-refractivity contribution in [3.8, 4) is 0 Å². The van der Waals surface area contributed by atoms with Gasteiger partial charge < -0.3 is 11.1 Å². The summed E-state index contributed by atoms with van der Waals surface area (Å²) < 4.78 is 1.85. The summed E-state index contributed by atoms with van der Waals surface area (Å²) in [6.45, 7) is 9.37. The van der Waals surface area contributed by atoms with Gasteiger partial charge in [-0.25, -0.2) is 4.79 Å². The molecular formula is C25H32ClN5O. The minimum Gasteiger partial charge on any atom is -0.398 e. The standard InChI is InChI=1S/C25H32ClN5O/c1-5-17-9-11-19(12-10-17)31(16-18-14-28-30(8-4)15-18)25(32)29-24-20(6-2)22(26)13-23(27)21(24)7-3/h9-15H,5-8,16,27H2,1-4H3,(H,29,32). The van der Waals surface area contributed by atoms with Crippen molar-refractivity contribution in [2.75, 3.05) is 16.0 Å². The van der Waals surface area contributed by atoms with Gasteiger partial charge in [0.05, 0.1) is 18.4 Å². The summed E-state index contributed by atoms with van der Waals surface area (Å²) in [6, 6.07) is 9.61. The molecule has 7 heteroatoms. The number of halogens is 1. The van der Waals surface area contributed by atoms with Crippen molar-refractivity contribution in [2.24, 2.45) is 0 Å². The van der Waals surface area contributed by atoms with Gasteiger partial charge in [0.15, 0.2) is 0 Å². The van der Waals surface area contributed by atoms with E-state index in [4.69, 9.17) is 17.3 Å². The van der Waals surface area contributed by atoms with Crippen LogP contribution >= 0.6 is 11.6 Å². The monoisotopic (exact) mass is 453 g/mol. The van der Waals surface area contributed by atoms with Gasteiger partial charge in [-0.2, -0.15) is 5.10 Å². The number of rotatable bonds is 8. The molecule has 0 saturated heterocycles. The van der Waals surface area contributed by atoms with E-state index in [0.29, 0.717) is 35.8 Å². The zero-order chi connectivity index (χ0) is 23.3. The molecule has 0 aliphatic carbocycles. The summed E-state index contributed by atoms with van der Waals surface area (Å²) in [4.78, 5) is 15.3. The summed E-state index contributed by atoms with van der Waals surface area (Å²) in [5.41, 5.74) is 12.3. The molecular weight excluding hydrogens is 422 g/mol. The number of nitrogen functional groups attached to an aromatic ring is 1. The molecule has 0 aliphatic rings. The second-order valence-corrected chi connectivity index (χ2v) is 8.13. The van der Waals surface area contributed by atoms with Gasteiger partial charge in [-0.3, -0.25) is 9.58 Å². The molecule has 2 aromatic carbocycles. The topological polar surface area (TPSA) is 76.2 Å². The number of aromatic nitrogens is 2. The van der Waals surface area contributed by atoms with E-state index in [1.807, 2.05) is 43.8 Å². The van der Waals surface area contributed by atoms with E-state index in [1.54, 1.807) is 17.2 Å². The van der Waals surface area contributed by atoms with Gasteiger partial charge in [-0.05, 0) is 61.1 Å². The molecule has 170 valence electrons. The Balaban J connectivity index is 2.00. The number of nitrogens with one attached hydrogen (secondary N) is 1. The lowest BCUT2D eigenvalue weighted by Crippen LogP contribution is -2.35. The predicted octanol–water partition coefficient (Wildman–Crippen LogP) is 6.06. The lowest BCUT2D eigenvalue weighted by atomic mass is 10.0. The molecule has 0 radical (unpaired) electrons. The number of nitrogens with zero attached hydrogens (tertiary/aromatic N) is 3. The minimum atomic E-state index is -0.232. The van der Waals surface area contributed by atoms with Crippen LogP contribution < -0.4 is 16.0 Å². The van der Waals surface area contributed by atoms with E-state index in [9.17, 15) is 4.79 Å². The number of carbonyl (C=O) groups excluding carboxylic acids is 1. The fourth-order valence-corrected chi connectivity index (χ4v) is 4.19. The fraction of sp³-hybridized carbons (Fsp3) is 0.360. The highest BCUT2D eigenvalue weighted by atomic mass is 35.5. The quantitative estimate of drug-likeness (QED) is 0.406. The Labute approximate surface area is 195 Å². The number of carbonyl (C=O) groups is 1. The molecule has 0 atom stereocenters. The van der Waals surface area contributed by atoms with Crippen LogP contribution in [0.4, 0.5) is 21.9 Å². The van der Waals surface area contributed by atoms with Crippen molar-refractivity contribution in [3.05, 3.63) is 70.0 Å². The third-order valence-electron chi connectivity index (χ3n) is 5.71. The summed E-state index contributed by atoms with van der Waals surface area (Å²) in [5.74, 6) is 0. The van der Waals surface area contributed by atoms with E-state index in [2.05, 4.69) is 29.5 Å².